The summed E-state index contributed by atoms with van der Waals surface area (Å²) in [6, 6.07) is 8.06. The van der Waals surface area contributed by atoms with Crippen LogP contribution in [0.15, 0.2) is 29.3 Å². The molecule has 7 heteroatoms. The van der Waals surface area contributed by atoms with E-state index in [9.17, 15) is 0 Å². The van der Waals surface area contributed by atoms with Crippen molar-refractivity contribution >= 4 is 17.6 Å². The van der Waals surface area contributed by atoms with Crippen LogP contribution in [0.2, 0.25) is 5.02 Å². The summed E-state index contributed by atoms with van der Waals surface area (Å²) in [6.07, 6.45) is 1.04. The van der Waals surface area contributed by atoms with Gasteiger partial charge in [-0.1, -0.05) is 30.7 Å². The van der Waals surface area contributed by atoms with E-state index in [0.29, 0.717) is 12.5 Å². The lowest BCUT2D eigenvalue weighted by atomic mass is 9.96. The lowest BCUT2D eigenvalue weighted by Crippen LogP contribution is -2.39. The molecule has 25 heavy (non-hydrogen) atoms. The second-order valence-corrected chi connectivity index (χ2v) is 6.39. The van der Waals surface area contributed by atoms with Gasteiger partial charge in [0.2, 0.25) is 0 Å². The number of halogens is 1. The van der Waals surface area contributed by atoms with Crippen molar-refractivity contribution in [1.29, 1.82) is 0 Å². The Kier molecular flexibility index (Phi) is 7.25. The smallest absolute Gasteiger partial charge is 0.191 e. The fourth-order valence-corrected chi connectivity index (χ4v) is 2.66. The Balaban J connectivity index is 2.00. The van der Waals surface area contributed by atoms with Crippen LogP contribution in [0.5, 0.6) is 0 Å². The van der Waals surface area contributed by atoms with E-state index in [-0.39, 0.29) is 0 Å². The maximum absolute atomic E-state index is 5.98. The summed E-state index contributed by atoms with van der Waals surface area (Å²) in [7, 11) is 1.95. The van der Waals surface area contributed by atoms with Gasteiger partial charge >= 0.3 is 0 Å². The fraction of sp³-hybridized carbons (Fsp3) is 0.500. The van der Waals surface area contributed by atoms with Gasteiger partial charge in [-0.25, -0.2) is 4.99 Å². The van der Waals surface area contributed by atoms with Crippen LogP contribution in [0.4, 0.5) is 0 Å². The lowest BCUT2D eigenvalue weighted by molar-refractivity contribution is 0.629. The molecule has 136 valence electrons. The zero-order chi connectivity index (χ0) is 18.2. The van der Waals surface area contributed by atoms with Crippen LogP contribution in [0.25, 0.3) is 0 Å². The van der Waals surface area contributed by atoms with Crippen molar-refractivity contribution in [3.8, 4) is 0 Å². The van der Waals surface area contributed by atoms with Crippen LogP contribution in [0, 0.1) is 6.92 Å². The standard InChI is InChI=1S/C18H27ClN6/c1-5-14(15-7-9-16(19)10-8-15)11-21-18(20-6-2)22-12-17-24-23-13(3)25(17)4/h7-10,14H,5-6,11-12H2,1-4H3,(H2,20,21,22). The normalized spacial score (nSPS) is 12.9. The van der Waals surface area contributed by atoms with E-state index < -0.39 is 0 Å². The molecule has 2 rings (SSSR count). The highest BCUT2D eigenvalue weighted by Gasteiger charge is 2.11. The first-order valence-electron chi connectivity index (χ1n) is 8.67. The van der Waals surface area contributed by atoms with Gasteiger partial charge in [0.1, 0.15) is 12.4 Å². The first kappa shape index (κ1) is 19.2. The number of hydrogen-bond acceptors (Lipinski definition) is 3. The van der Waals surface area contributed by atoms with E-state index in [1.54, 1.807) is 0 Å². The van der Waals surface area contributed by atoms with Crippen molar-refractivity contribution in [2.75, 3.05) is 13.1 Å². The zero-order valence-corrected chi connectivity index (χ0v) is 16.1. The fourth-order valence-electron chi connectivity index (χ4n) is 2.53. The quantitative estimate of drug-likeness (QED) is 0.587. The maximum Gasteiger partial charge on any atom is 0.191 e. The number of aromatic nitrogens is 3. The Morgan fingerprint density at radius 2 is 1.92 bits per heavy atom. The lowest BCUT2D eigenvalue weighted by Gasteiger charge is -2.18. The van der Waals surface area contributed by atoms with Gasteiger partial charge in [0, 0.05) is 31.1 Å². The van der Waals surface area contributed by atoms with Crippen LogP contribution in [-0.4, -0.2) is 33.8 Å². The SMILES string of the molecule is CCNC(=NCc1nnc(C)n1C)NCC(CC)c1ccc(Cl)cc1. The first-order chi connectivity index (χ1) is 12.0. The van der Waals surface area contributed by atoms with Gasteiger partial charge in [0.05, 0.1) is 0 Å². The molecular weight excluding hydrogens is 336 g/mol. The summed E-state index contributed by atoms with van der Waals surface area (Å²) in [6.45, 7) is 8.28. The highest BCUT2D eigenvalue weighted by molar-refractivity contribution is 6.30. The van der Waals surface area contributed by atoms with Crippen molar-refractivity contribution < 1.29 is 0 Å². The molecule has 0 fully saturated rings. The Hall–Kier alpha value is -2.08. The number of nitrogens with zero attached hydrogens (tertiary/aromatic N) is 4. The topological polar surface area (TPSA) is 67.1 Å². The van der Waals surface area contributed by atoms with E-state index in [2.05, 4.69) is 51.8 Å². The average molecular weight is 363 g/mol. The summed E-state index contributed by atoms with van der Waals surface area (Å²) in [5.41, 5.74) is 1.28. The summed E-state index contributed by atoms with van der Waals surface area (Å²) in [4.78, 5) is 4.62. The molecule has 0 spiro atoms. The third kappa shape index (κ3) is 5.46. The number of aryl methyl sites for hydroxylation is 1. The summed E-state index contributed by atoms with van der Waals surface area (Å²) >= 11 is 5.98. The van der Waals surface area contributed by atoms with Gasteiger partial charge in [-0.2, -0.15) is 0 Å². The molecule has 1 unspecified atom stereocenters. The van der Waals surface area contributed by atoms with Crippen LogP contribution >= 0.6 is 11.6 Å². The van der Waals surface area contributed by atoms with Crippen molar-refractivity contribution in [2.45, 2.75) is 39.7 Å². The number of guanidine groups is 1. The summed E-state index contributed by atoms with van der Waals surface area (Å²) < 4.78 is 1.95. The molecule has 0 saturated carbocycles. The third-order valence-corrected chi connectivity index (χ3v) is 4.51. The number of hydrogen-bond donors (Lipinski definition) is 2. The second kappa shape index (κ2) is 9.42. The summed E-state index contributed by atoms with van der Waals surface area (Å²) in [5, 5.41) is 15.7. The van der Waals surface area contributed by atoms with Gasteiger partial charge < -0.3 is 15.2 Å². The van der Waals surface area contributed by atoms with Gasteiger partial charge in [-0.05, 0) is 38.0 Å². The number of nitrogens with one attached hydrogen (secondary N) is 2. The molecule has 1 aromatic carbocycles. The molecule has 1 aromatic heterocycles. The Morgan fingerprint density at radius 1 is 1.20 bits per heavy atom. The molecule has 0 amide bonds. The third-order valence-electron chi connectivity index (χ3n) is 4.26. The van der Waals surface area contributed by atoms with Crippen LogP contribution in [0.1, 0.15) is 43.4 Å². The van der Waals surface area contributed by atoms with Gasteiger partial charge in [0.25, 0.3) is 0 Å². The number of aliphatic imine (C=N–C) groups is 1. The minimum atomic E-state index is 0.401. The minimum absolute atomic E-state index is 0.401. The highest BCUT2D eigenvalue weighted by atomic mass is 35.5. The van der Waals surface area contributed by atoms with E-state index >= 15 is 0 Å². The van der Waals surface area contributed by atoms with Crippen LogP contribution in [-0.2, 0) is 13.6 Å². The first-order valence-corrected chi connectivity index (χ1v) is 9.05. The average Bonchev–Trinajstić information content (AvgIpc) is 2.93. The van der Waals surface area contributed by atoms with Crippen molar-refractivity contribution in [3.63, 3.8) is 0 Å². The zero-order valence-electron chi connectivity index (χ0n) is 15.4. The van der Waals surface area contributed by atoms with Gasteiger partial charge in [-0.15, -0.1) is 10.2 Å². The predicted octanol–water partition coefficient (Wildman–Crippen LogP) is 3.03. The number of benzene rings is 1. The predicted molar refractivity (Wildman–Crippen MR) is 103 cm³/mol. The van der Waals surface area contributed by atoms with E-state index in [1.807, 2.05) is 30.7 Å². The molecule has 6 nitrogen and oxygen atoms in total. The molecule has 1 atom stereocenters. The molecule has 2 aromatic rings. The molecule has 0 aliphatic carbocycles. The van der Waals surface area contributed by atoms with Crippen LogP contribution < -0.4 is 10.6 Å². The van der Waals surface area contributed by atoms with Crippen LogP contribution in [0.3, 0.4) is 0 Å². The van der Waals surface area contributed by atoms with E-state index in [4.69, 9.17) is 11.6 Å². The van der Waals surface area contributed by atoms with Gasteiger partial charge in [0.15, 0.2) is 11.8 Å². The highest BCUT2D eigenvalue weighted by Crippen LogP contribution is 2.20. The molecule has 1 heterocycles. The maximum atomic E-state index is 5.98. The Morgan fingerprint density at radius 3 is 2.48 bits per heavy atom. The Labute approximate surface area is 154 Å². The largest absolute Gasteiger partial charge is 0.357 e. The second-order valence-electron chi connectivity index (χ2n) is 5.96. The number of rotatable bonds is 7. The minimum Gasteiger partial charge on any atom is -0.357 e. The monoisotopic (exact) mass is 362 g/mol. The van der Waals surface area contributed by atoms with Gasteiger partial charge in [-0.3, -0.25) is 0 Å². The molecule has 0 bridgehead atoms. The molecule has 0 aliphatic heterocycles. The molecule has 0 saturated heterocycles. The summed E-state index contributed by atoms with van der Waals surface area (Å²) in [5.74, 6) is 2.92. The molecule has 0 aliphatic rings. The Bertz CT molecular complexity index is 692. The molecule has 0 radical (unpaired) electrons. The van der Waals surface area contributed by atoms with E-state index in [1.165, 1.54) is 5.56 Å². The van der Waals surface area contributed by atoms with Crippen molar-refractivity contribution in [3.05, 3.63) is 46.5 Å². The van der Waals surface area contributed by atoms with Crippen molar-refractivity contribution in [1.82, 2.24) is 25.4 Å². The molecular formula is C18H27ClN6. The van der Waals surface area contributed by atoms with Crippen molar-refractivity contribution in [2.24, 2.45) is 12.0 Å². The van der Waals surface area contributed by atoms with E-state index in [0.717, 1.165) is 42.1 Å². The molecule has 2 N–H and O–H groups in total.